The molecule has 0 spiro atoms. The van der Waals surface area contributed by atoms with Crippen molar-refractivity contribution in [2.45, 2.75) is 58.9 Å². The molecule has 164 valence electrons. The minimum atomic E-state index is -0.0789. The number of carbonyl (C=O) groups is 2. The Labute approximate surface area is 188 Å². The summed E-state index contributed by atoms with van der Waals surface area (Å²) in [7, 11) is 0. The van der Waals surface area contributed by atoms with Gasteiger partial charge < -0.3 is 5.32 Å². The van der Waals surface area contributed by atoms with Gasteiger partial charge in [0.1, 0.15) is 0 Å². The zero-order chi connectivity index (χ0) is 22.5. The van der Waals surface area contributed by atoms with Gasteiger partial charge in [-0.05, 0) is 73.4 Å². The van der Waals surface area contributed by atoms with Crippen molar-refractivity contribution in [3.05, 3.63) is 82.2 Å². The van der Waals surface area contributed by atoms with Gasteiger partial charge >= 0.3 is 0 Å². The van der Waals surface area contributed by atoms with Crippen molar-refractivity contribution >= 4 is 11.7 Å². The topological polar surface area (TPSA) is 64.0 Å². The summed E-state index contributed by atoms with van der Waals surface area (Å²) in [4.78, 5) is 25.6. The zero-order valence-corrected chi connectivity index (χ0v) is 18.9. The van der Waals surface area contributed by atoms with E-state index in [1.807, 2.05) is 41.9 Å². The lowest BCUT2D eigenvalue weighted by atomic mass is 9.75. The molecule has 0 bridgehead atoms. The Hall–Kier alpha value is -3.21. The third-order valence-electron chi connectivity index (χ3n) is 6.77. The molecule has 1 aromatic heterocycles. The molecule has 0 unspecified atom stereocenters. The lowest BCUT2D eigenvalue weighted by Crippen LogP contribution is -2.31. The van der Waals surface area contributed by atoms with E-state index < -0.39 is 0 Å². The Morgan fingerprint density at radius 2 is 1.84 bits per heavy atom. The Morgan fingerprint density at radius 1 is 1.09 bits per heavy atom. The number of fused-ring (bicyclic) bond motifs is 2. The van der Waals surface area contributed by atoms with Gasteiger partial charge in [0.05, 0.1) is 28.7 Å². The Morgan fingerprint density at radius 3 is 2.62 bits per heavy atom. The fourth-order valence-electron chi connectivity index (χ4n) is 5.25. The van der Waals surface area contributed by atoms with Gasteiger partial charge in [-0.1, -0.05) is 38.1 Å². The molecule has 2 aromatic carbocycles. The van der Waals surface area contributed by atoms with E-state index in [0.717, 1.165) is 48.3 Å². The smallest absolute Gasteiger partial charge is 0.251 e. The fourth-order valence-corrected chi connectivity index (χ4v) is 5.25. The van der Waals surface area contributed by atoms with E-state index in [9.17, 15) is 9.59 Å². The average Bonchev–Trinajstić information content (AvgIpc) is 3.09. The van der Waals surface area contributed by atoms with E-state index in [0.29, 0.717) is 12.0 Å². The van der Waals surface area contributed by atoms with Gasteiger partial charge in [-0.15, -0.1) is 0 Å². The van der Waals surface area contributed by atoms with Crippen molar-refractivity contribution < 1.29 is 9.59 Å². The van der Waals surface area contributed by atoms with Gasteiger partial charge in [0.25, 0.3) is 5.91 Å². The predicted molar refractivity (Wildman–Crippen MR) is 124 cm³/mol. The number of hydrogen-bond acceptors (Lipinski definition) is 3. The number of ketones is 1. The quantitative estimate of drug-likeness (QED) is 0.629. The van der Waals surface area contributed by atoms with Crippen LogP contribution in [0, 0.1) is 12.3 Å². The van der Waals surface area contributed by atoms with Crippen molar-refractivity contribution in [3.8, 4) is 5.69 Å². The van der Waals surface area contributed by atoms with Crippen LogP contribution in [0.25, 0.3) is 5.69 Å². The number of Topliss-reactive ketones (excluding diaryl/α,β-unsaturated/α-hetero) is 1. The molecule has 1 N–H and O–H groups in total. The van der Waals surface area contributed by atoms with Crippen LogP contribution >= 0.6 is 0 Å². The molecule has 0 radical (unpaired) electrons. The molecule has 5 rings (SSSR count). The van der Waals surface area contributed by atoms with Crippen LogP contribution in [0.15, 0.2) is 48.5 Å². The van der Waals surface area contributed by atoms with Crippen molar-refractivity contribution in [3.63, 3.8) is 0 Å². The number of amides is 1. The van der Waals surface area contributed by atoms with Gasteiger partial charge in [0.2, 0.25) is 0 Å². The fraction of sp³-hybridized carbons (Fsp3) is 0.370. The lowest BCUT2D eigenvalue weighted by Gasteiger charge is -2.29. The number of nitrogens with zero attached hydrogens (tertiary/aromatic N) is 2. The number of carbonyl (C=O) groups excluding carboxylic acids is 2. The van der Waals surface area contributed by atoms with Crippen LogP contribution in [0.2, 0.25) is 0 Å². The molecule has 1 amide bonds. The van der Waals surface area contributed by atoms with E-state index in [1.54, 1.807) is 0 Å². The van der Waals surface area contributed by atoms with Gasteiger partial charge in [0.15, 0.2) is 5.78 Å². The Kier molecular flexibility index (Phi) is 5.00. The number of aromatic nitrogens is 2. The first-order valence-electron chi connectivity index (χ1n) is 11.4. The highest BCUT2D eigenvalue weighted by Crippen LogP contribution is 2.37. The minimum absolute atomic E-state index is 0.0566. The Bertz CT molecular complexity index is 1200. The normalized spacial score (nSPS) is 19.2. The van der Waals surface area contributed by atoms with E-state index in [-0.39, 0.29) is 23.1 Å². The summed E-state index contributed by atoms with van der Waals surface area (Å²) in [6, 6.07) is 16.0. The maximum atomic E-state index is 13.0. The van der Waals surface area contributed by atoms with Crippen LogP contribution in [0.1, 0.15) is 82.4 Å². The first-order chi connectivity index (χ1) is 15.3. The summed E-state index contributed by atoms with van der Waals surface area (Å²) < 4.78 is 1.88. The molecule has 2 aliphatic rings. The van der Waals surface area contributed by atoms with Crippen molar-refractivity contribution in [2.75, 3.05) is 0 Å². The van der Waals surface area contributed by atoms with Crippen molar-refractivity contribution in [2.24, 2.45) is 5.41 Å². The molecule has 5 heteroatoms. The summed E-state index contributed by atoms with van der Waals surface area (Å²) in [6.45, 7) is 6.14. The van der Waals surface area contributed by atoms with Crippen LogP contribution in [-0.4, -0.2) is 21.5 Å². The zero-order valence-electron chi connectivity index (χ0n) is 18.9. The highest BCUT2D eigenvalue weighted by Gasteiger charge is 2.35. The van der Waals surface area contributed by atoms with E-state index in [4.69, 9.17) is 0 Å². The van der Waals surface area contributed by atoms with Crippen molar-refractivity contribution in [1.82, 2.24) is 15.1 Å². The van der Waals surface area contributed by atoms with Crippen LogP contribution in [0.4, 0.5) is 0 Å². The number of nitrogens with one attached hydrogen (secondary N) is 1. The summed E-state index contributed by atoms with van der Waals surface area (Å²) in [5, 5.41) is 7.88. The number of rotatable bonds is 3. The van der Waals surface area contributed by atoms with Crippen LogP contribution in [0.5, 0.6) is 0 Å². The molecule has 5 nitrogen and oxygen atoms in total. The molecule has 0 saturated heterocycles. The number of aryl methyl sites for hydroxylation is 2. The van der Waals surface area contributed by atoms with Gasteiger partial charge in [-0.25, -0.2) is 4.68 Å². The second-order valence-electron chi connectivity index (χ2n) is 9.92. The SMILES string of the molecule is Cc1nn(-c2ccc(C(=O)N[C@@H]3CCCc4ccccc43)cc2)c2c1C(=O)CC(C)(C)C2. The van der Waals surface area contributed by atoms with Crippen LogP contribution in [-0.2, 0) is 12.8 Å². The monoisotopic (exact) mass is 427 g/mol. The van der Waals surface area contributed by atoms with E-state index >= 15 is 0 Å². The second-order valence-corrected chi connectivity index (χ2v) is 9.92. The molecule has 2 aliphatic carbocycles. The lowest BCUT2D eigenvalue weighted by molar-refractivity contribution is 0.0907. The first kappa shape index (κ1) is 20.7. The predicted octanol–water partition coefficient (Wildman–Crippen LogP) is 5.14. The minimum Gasteiger partial charge on any atom is -0.345 e. The van der Waals surface area contributed by atoms with E-state index in [2.05, 4.69) is 42.5 Å². The first-order valence-corrected chi connectivity index (χ1v) is 11.4. The molecular weight excluding hydrogens is 398 g/mol. The van der Waals surface area contributed by atoms with E-state index in [1.165, 1.54) is 11.1 Å². The van der Waals surface area contributed by atoms with Gasteiger partial charge in [-0.3, -0.25) is 9.59 Å². The number of benzene rings is 2. The van der Waals surface area contributed by atoms with Crippen LogP contribution < -0.4 is 5.32 Å². The highest BCUT2D eigenvalue weighted by molar-refractivity contribution is 6.00. The Balaban J connectivity index is 1.39. The van der Waals surface area contributed by atoms with Gasteiger partial charge in [0, 0.05) is 12.0 Å². The standard InChI is InChI=1S/C27H29N3O2/c1-17-25-23(15-27(2,3)16-24(25)31)30(29-17)20-13-11-19(12-14-20)26(32)28-22-10-6-8-18-7-4-5-9-21(18)22/h4-5,7,9,11-14,22H,6,8,10,15-16H2,1-3H3,(H,28,32)/t22-/m1/s1. The second kappa shape index (κ2) is 7.73. The molecule has 0 saturated carbocycles. The summed E-state index contributed by atoms with van der Waals surface area (Å²) in [6.07, 6.45) is 4.47. The molecule has 0 fully saturated rings. The molecule has 1 atom stereocenters. The molecule has 0 aliphatic heterocycles. The molecule has 1 heterocycles. The largest absolute Gasteiger partial charge is 0.345 e. The highest BCUT2D eigenvalue weighted by atomic mass is 16.1. The maximum absolute atomic E-state index is 13.0. The maximum Gasteiger partial charge on any atom is 0.251 e. The third kappa shape index (κ3) is 3.66. The third-order valence-corrected chi connectivity index (χ3v) is 6.77. The summed E-state index contributed by atoms with van der Waals surface area (Å²) in [5.74, 6) is 0.108. The van der Waals surface area contributed by atoms with Crippen LogP contribution in [0.3, 0.4) is 0 Å². The molecule has 3 aromatic rings. The summed E-state index contributed by atoms with van der Waals surface area (Å²) >= 11 is 0. The molecular formula is C27H29N3O2. The van der Waals surface area contributed by atoms with Gasteiger partial charge in [-0.2, -0.15) is 5.10 Å². The molecule has 32 heavy (non-hydrogen) atoms. The summed E-state index contributed by atoms with van der Waals surface area (Å²) in [5.41, 5.74) is 6.50. The van der Waals surface area contributed by atoms with Crippen molar-refractivity contribution in [1.29, 1.82) is 0 Å². The average molecular weight is 428 g/mol. The number of hydrogen-bond donors (Lipinski definition) is 1.